The number of nitrogens with one attached hydrogen (secondary N) is 1. The quantitative estimate of drug-likeness (QED) is 0.482. The molecule has 0 saturated heterocycles. The summed E-state index contributed by atoms with van der Waals surface area (Å²) in [5, 5.41) is 14.4. The molecule has 0 amide bonds. The minimum atomic E-state index is 0.246. The van der Waals surface area contributed by atoms with E-state index in [2.05, 4.69) is 22.5 Å². The molecule has 4 nitrogen and oxygen atoms in total. The van der Waals surface area contributed by atoms with Crippen LogP contribution in [0.25, 0.3) is 10.9 Å². The molecule has 0 aliphatic heterocycles. The van der Waals surface area contributed by atoms with E-state index < -0.39 is 0 Å². The zero-order valence-electron chi connectivity index (χ0n) is 15.9. The third-order valence-corrected chi connectivity index (χ3v) is 6.04. The molecular weight excluding hydrogens is 336 g/mol. The summed E-state index contributed by atoms with van der Waals surface area (Å²) >= 11 is 0. The van der Waals surface area contributed by atoms with E-state index in [-0.39, 0.29) is 5.75 Å². The molecule has 4 rings (SSSR count). The van der Waals surface area contributed by atoms with Crippen LogP contribution in [0.3, 0.4) is 0 Å². The van der Waals surface area contributed by atoms with Crippen molar-refractivity contribution in [2.45, 2.75) is 38.6 Å². The number of aromatic hydroxyl groups is 1. The molecule has 27 heavy (non-hydrogen) atoms. The van der Waals surface area contributed by atoms with E-state index in [1.54, 1.807) is 12.3 Å². The minimum Gasteiger partial charge on any atom is -0.506 e. The molecule has 3 unspecified atom stereocenters. The van der Waals surface area contributed by atoms with Gasteiger partial charge in [-0.2, -0.15) is 0 Å². The SMILES string of the molecule is Oc1ccc(CNCCCCCOCC2CC3C=CC2C3)c2cccnc12. The second-order valence-electron chi connectivity index (χ2n) is 8.00. The molecule has 2 bridgehead atoms. The number of hydrogen-bond acceptors (Lipinski definition) is 4. The van der Waals surface area contributed by atoms with Gasteiger partial charge in [-0.05, 0) is 74.1 Å². The van der Waals surface area contributed by atoms with Gasteiger partial charge in [-0.25, -0.2) is 0 Å². The first-order chi connectivity index (χ1) is 13.3. The van der Waals surface area contributed by atoms with Crippen molar-refractivity contribution >= 4 is 10.9 Å². The third-order valence-electron chi connectivity index (χ3n) is 6.04. The number of pyridine rings is 1. The molecule has 1 heterocycles. The van der Waals surface area contributed by atoms with Gasteiger partial charge >= 0.3 is 0 Å². The van der Waals surface area contributed by atoms with Gasteiger partial charge in [0.1, 0.15) is 11.3 Å². The molecule has 2 aliphatic rings. The van der Waals surface area contributed by atoms with E-state index in [9.17, 15) is 5.11 Å². The summed E-state index contributed by atoms with van der Waals surface area (Å²) in [5.74, 6) is 2.66. The number of allylic oxidation sites excluding steroid dienone is 2. The average molecular weight is 367 g/mol. The number of rotatable bonds is 10. The van der Waals surface area contributed by atoms with Crippen molar-refractivity contribution in [3.63, 3.8) is 0 Å². The summed E-state index contributed by atoms with van der Waals surface area (Å²) in [6.45, 7) is 3.65. The lowest BCUT2D eigenvalue weighted by atomic mass is 9.95. The van der Waals surface area contributed by atoms with Crippen LogP contribution in [0.15, 0.2) is 42.6 Å². The fraction of sp³-hybridized carbons (Fsp3) is 0.522. The number of fused-ring (bicyclic) bond motifs is 3. The first-order valence-corrected chi connectivity index (χ1v) is 10.3. The Hall–Kier alpha value is -1.91. The highest BCUT2D eigenvalue weighted by Crippen LogP contribution is 2.43. The number of hydrogen-bond donors (Lipinski definition) is 2. The second-order valence-corrected chi connectivity index (χ2v) is 8.00. The highest BCUT2D eigenvalue weighted by molar-refractivity contribution is 5.87. The van der Waals surface area contributed by atoms with Crippen LogP contribution in [0.1, 0.15) is 37.7 Å². The lowest BCUT2D eigenvalue weighted by molar-refractivity contribution is 0.0877. The summed E-state index contributed by atoms with van der Waals surface area (Å²) in [6.07, 6.45) is 12.7. The third kappa shape index (κ3) is 4.50. The fourth-order valence-corrected chi connectivity index (χ4v) is 4.55. The summed E-state index contributed by atoms with van der Waals surface area (Å²) in [5.41, 5.74) is 1.86. The Bertz CT molecular complexity index is 789. The molecule has 2 N–H and O–H groups in total. The lowest BCUT2D eigenvalue weighted by Gasteiger charge is -2.17. The Labute approximate surface area is 161 Å². The zero-order chi connectivity index (χ0) is 18.5. The first kappa shape index (κ1) is 18.5. The first-order valence-electron chi connectivity index (χ1n) is 10.3. The van der Waals surface area contributed by atoms with E-state index in [0.29, 0.717) is 5.52 Å². The Morgan fingerprint density at radius 3 is 2.93 bits per heavy atom. The molecule has 1 aromatic heterocycles. The van der Waals surface area contributed by atoms with Crippen LogP contribution in [0, 0.1) is 17.8 Å². The number of phenols is 1. The maximum absolute atomic E-state index is 9.91. The van der Waals surface area contributed by atoms with Gasteiger partial charge in [-0.1, -0.05) is 24.3 Å². The lowest BCUT2D eigenvalue weighted by Crippen LogP contribution is -2.16. The minimum absolute atomic E-state index is 0.246. The van der Waals surface area contributed by atoms with E-state index in [0.717, 1.165) is 62.3 Å². The second kappa shape index (κ2) is 8.85. The highest BCUT2D eigenvalue weighted by atomic mass is 16.5. The topological polar surface area (TPSA) is 54.4 Å². The normalized spacial score (nSPS) is 23.5. The zero-order valence-corrected chi connectivity index (χ0v) is 15.9. The van der Waals surface area contributed by atoms with Crippen LogP contribution in [-0.2, 0) is 11.3 Å². The van der Waals surface area contributed by atoms with Gasteiger partial charge in [0.15, 0.2) is 0 Å². The van der Waals surface area contributed by atoms with Crippen LogP contribution in [0.5, 0.6) is 5.75 Å². The van der Waals surface area contributed by atoms with Gasteiger partial charge in [0.05, 0.1) is 0 Å². The Morgan fingerprint density at radius 1 is 1.11 bits per heavy atom. The van der Waals surface area contributed by atoms with Gasteiger partial charge in [0, 0.05) is 31.3 Å². The van der Waals surface area contributed by atoms with Crippen molar-refractivity contribution in [3.8, 4) is 5.75 Å². The Morgan fingerprint density at radius 2 is 2.07 bits per heavy atom. The summed E-state index contributed by atoms with van der Waals surface area (Å²) in [4.78, 5) is 4.27. The molecule has 4 heteroatoms. The van der Waals surface area contributed by atoms with Crippen molar-refractivity contribution in [2.75, 3.05) is 19.8 Å². The van der Waals surface area contributed by atoms with Crippen molar-refractivity contribution in [3.05, 3.63) is 48.2 Å². The number of aromatic nitrogens is 1. The Kier molecular flexibility index (Phi) is 6.05. The maximum atomic E-state index is 9.91. The summed E-state index contributed by atoms with van der Waals surface area (Å²) < 4.78 is 5.92. The van der Waals surface area contributed by atoms with E-state index in [1.165, 1.54) is 24.8 Å². The van der Waals surface area contributed by atoms with Gasteiger partial charge < -0.3 is 15.2 Å². The van der Waals surface area contributed by atoms with Crippen LogP contribution < -0.4 is 5.32 Å². The van der Waals surface area contributed by atoms with Crippen LogP contribution >= 0.6 is 0 Å². The van der Waals surface area contributed by atoms with Crippen molar-refractivity contribution in [2.24, 2.45) is 17.8 Å². The predicted molar refractivity (Wildman–Crippen MR) is 109 cm³/mol. The monoisotopic (exact) mass is 366 g/mol. The molecule has 1 fully saturated rings. The number of phenolic OH excluding ortho intramolecular Hbond substituents is 1. The molecular formula is C23H30N2O2. The molecule has 0 spiro atoms. The van der Waals surface area contributed by atoms with Gasteiger partial charge in [-0.15, -0.1) is 0 Å². The number of benzene rings is 1. The van der Waals surface area contributed by atoms with Crippen LogP contribution in [0.2, 0.25) is 0 Å². The Balaban J connectivity index is 1.08. The molecule has 0 radical (unpaired) electrons. The summed E-state index contributed by atoms with van der Waals surface area (Å²) in [7, 11) is 0. The molecule has 2 aromatic rings. The number of unbranched alkanes of at least 4 members (excludes halogenated alkanes) is 2. The standard InChI is InChI=1S/C23H30N2O2/c26-22-9-8-19(21-5-4-11-25-23(21)22)15-24-10-2-1-3-12-27-16-20-14-17-6-7-18(20)13-17/h4-9,11,17-18,20,24,26H,1-3,10,12-16H2. The van der Waals surface area contributed by atoms with E-state index in [4.69, 9.17) is 4.74 Å². The van der Waals surface area contributed by atoms with Crippen molar-refractivity contribution < 1.29 is 9.84 Å². The smallest absolute Gasteiger partial charge is 0.141 e. The molecule has 1 aromatic carbocycles. The highest BCUT2D eigenvalue weighted by Gasteiger charge is 2.35. The largest absolute Gasteiger partial charge is 0.506 e. The van der Waals surface area contributed by atoms with Crippen LogP contribution in [-0.4, -0.2) is 29.8 Å². The van der Waals surface area contributed by atoms with Crippen LogP contribution in [0.4, 0.5) is 0 Å². The molecule has 2 aliphatic carbocycles. The maximum Gasteiger partial charge on any atom is 0.141 e. The van der Waals surface area contributed by atoms with Gasteiger partial charge in [0.2, 0.25) is 0 Å². The fourth-order valence-electron chi connectivity index (χ4n) is 4.55. The summed E-state index contributed by atoms with van der Waals surface area (Å²) in [6, 6.07) is 7.64. The van der Waals surface area contributed by atoms with Crippen molar-refractivity contribution in [1.82, 2.24) is 10.3 Å². The molecule has 144 valence electrons. The van der Waals surface area contributed by atoms with Crippen molar-refractivity contribution in [1.29, 1.82) is 0 Å². The van der Waals surface area contributed by atoms with Gasteiger partial charge in [0.25, 0.3) is 0 Å². The number of nitrogens with zero attached hydrogens (tertiary/aromatic N) is 1. The number of ether oxygens (including phenoxy) is 1. The predicted octanol–water partition coefficient (Wildman–Crippen LogP) is 4.43. The van der Waals surface area contributed by atoms with Gasteiger partial charge in [-0.3, -0.25) is 4.98 Å². The average Bonchev–Trinajstić information content (AvgIpc) is 3.32. The van der Waals surface area contributed by atoms with E-state index >= 15 is 0 Å². The molecule has 3 atom stereocenters. The van der Waals surface area contributed by atoms with E-state index in [1.807, 2.05) is 18.2 Å². The molecule has 1 saturated carbocycles.